The molecule has 2 N–H and O–H groups in total. The molecule has 0 radical (unpaired) electrons. The van der Waals surface area contributed by atoms with Gasteiger partial charge in [0.2, 0.25) is 0 Å². The number of benzene rings is 2. The second-order valence-corrected chi connectivity index (χ2v) is 8.66. The summed E-state index contributed by atoms with van der Waals surface area (Å²) in [7, 11) is 0. The van der Waals surface area contributed by atoms with Crippen molar-refractivity contribution in [2.45, 2.75) is 32.4 Å². The number of esters is 1. The number of rotatable bonds is 7. The highest BCUT2D eigenvalue weighted by Gasteiger charge is 2.38. The quantitative estimate of drug-likeness (QED) is 0.383. The topological polar surface area (TPSA) is 87.5 Å². The highest BCUT2D eigenvalue weighted by atomic mass is 16.5. The monoisotopic (exact) mass is 456 g/mol. The van der Waals surface area contributed by atoms with E-state index in [1.807, 2.05) is 42.5 Å². The first-order valence-corrected chi connectivity index (χ1v) is 11.6. The summed E-state index contributed by atoms with van der Waals surface area (Å²) in [6.45, 7) is 5.47. The predicted octanol–water partition coefficient (Wildman–Crippen LogP) is 5.03. The molecule has 0 spiro atoms. The molecule has 34 heavy (non-hydrogen) atoms. The third-order valence-corrected chi connectivity index (χ3v) is 6.33. The molecule has 2 aliphatic rings. The Balaban J connectivity index is 1.56. The van der Waals surface area contributed by atoms with Gasteiger partial charge in [-0.1, -0.05) is 30.3 Å². The van der Waals surface area contributed by atoms with Gasteiger partial charge in [0.1, 0.15) is 5.82 Å². The molecule has 2 fully saturated rings. The number of anilines is 3. The van der Waals surface area contributed by atoms with Gasteiger partial charge < -0.3 is 25.1 Å². The maximum atomic E-state index is 12.6. The summed E-state index contributed by atoms with van der Waals surface area (Å²) in [6.07, 6.45) is 1.41. The van der Waals surface area contributed by atoms with E-state index in [1.54, 1.807) is 19.9 Å². The molecular weight excluding hydrogens is 428 g/mol. The van der Waals surface area contributed by atoms with Crippen LogP contribution in [0.1, 0.15) is 36.3 Å². The van der Waals surface area contributed by atoms with Gasteiger partial charge in [0.25, 0.3) is 0 Å². The number of aromatic nitrogens is 1. The van der Waals surface area contributed by atoms with Gasteiger partial charge in [-0.15, -0.1) is 0 Å². The number of nitrogens with one attached hydrogen (secondary N) is 2. The van der Waals surface area contributed by atoms with Crippen molar-refractivity contribution in [1.29, 1.82) is 5.41 Å². The molecule has 7 nitrogen and oxygen atoms in total. The maximum absolute atomic E-state index is 12.6. The van der Waals surface area contributed by atoms with Crippen LogP contribution in [0.15, 0.2) is 60.7 Å². The van der Waals surface area contributed by atoms with E-state index < -0.39 is 5.97 Å². The zero-order valence-corrected chi connectivity index (χ0v) is 19.4. The summed E-state index contributed by atoms with van der Waals surface area (Å²) in [4.78, 5) is 19.6. The molecule has 2 bridgehead atoms. The number of nitrogens with zero attached hydrogens (tertiary/aromatic N) is 2. The fourth-order valence-corrected chi connectivity index (χ4v) is 4.76. The van der Waals surface area contributed by atoms with Crippen molar-refractivity contribution in [2.75, 3.05) is 30.0 Å². The van der Waals surface area contributed by atoms with Crippen LogP contribution in [0, 0.1) is 5.41 Å². The number of carbonyl (C=O) groups excluding carboxylic acids is 1. The Morgan fingerprint density at radius 1 is 1.21 bits per heavy atom. The molecule has 2 aromatic carbocycles. The number of para-hydroxylation sites is 1. The Bertz CT molecular complexity index is 1210. The minimum Gasteiger partial charge on any atom is -0.461 e. The van der Waals surface area contributed by atoms with Gasteiger partial charge >= 0.3 is 5.97 Å². The second-order valence-electron chi connectivity index (χ2n) is 8.66. The van der Waals surface area contributed by atoms with Crippen LogP contribution < -0.4 is 10.2 Å². The largest absolute Gasteiger partial charge is 0.461 e. The lowest BCUT2D eigenvalue weighted by molar-refractivity contribution is 0.0519. The van der Waals surface area contributed by atoms with Crippen LogP contribution in [-0.4, -0.2) is 48.6 Å². The molecule has 0 aliphatic carbocycles. The van der Waals surface area contributed by atoms with Crippen molar-refractivity contribution in [3.63, 3.8) is 0 Å². The number of morpholine rings is 1. The van der Waals surface area contributed by atoms with Crippen molar-refractivity contribution in [3.05, 3.63) is 71.9 Å². The molecule has 0 unspecified atom stereocenters. The van der Waals surface area contributed by atoms with Crippen molar-refractivity contribution in [3.8, 4) is 11.1 Å². The van der Waals surface area contributed by atoms with Crippen LogP contribution in [0.5, 0.6) is 0 Å². The maximum Gasteiger partial charge on any atom is 0.357 e. The highest BCUT2D eigenvalue weighted by molar-refractivity contribution is 6.08. The van der Waals surface area contributed by atoms with Gasteiger partial charge in [0, 0.05) is 29.2 Å². The van der Waals surface area contributed by atoms with E-state index in [-0.39, 0.29) is 12.3 Å². The summed E-state index contributed by atoms with van der Waals surface area (Å²) in [5.41, 5.74) is 4.88. The van der Waals surface area contributed by atoms with Gasteiger partial charge in [0.05, 0.1) is 25.4 Å². The van der Waals surface area contributed by atoms with Gasteiger partial charge in [0.15, 0.2) is 5.69 Å². The number of pyridine rings is 1. The van der Waals surface area contributed by atoms with Gasteiger partial charge in [-0.2, -0.15) is 0 Å². The zero-order valence-electron chi connectivity index (χ0n) is 19.4. The lowest BCUT2D eigenvalue weighted by atomic mass is 9.96. The summed E-state index contributed by atoms with van der Waals surface area (Å²) in [5, 5.41) is 11.8. The van der Waals surface area contributed by atoms with E-state index in [0.717, 1.165) is 42.1 Å². The minimum absolute atomic E-state index is 0.207. The van der Waals surface area contributed by atoms with Crippen molar-refractivity contribution < 1.29 is 14.3 Å². The second kappa shape index (κ2) is 9.27. The summed E-state index contributed by atoms with van der Waals surface area (Å²) in [6, 6.07) is 20.1. The van der Waals surface area contributed by atoms with Gasteiger partial charge in [-0.3, -0.25) is 0 Å². The molecular formula is C27H28N4O3. The van der Waals surface area contributed by atoms with Gasteiger partial charge in [-0.05, 0) is 61.7 Å². The van der Waals surface area contributed by atoms with Crippen molar-refractivity contribution >= 4 is 28.9 Å². The molecule has 0 saturated carbocycles. The fourth-order valence-electron chi connectivity index (χ4n) is 4.76. The smallest absolute Gasteiger partial charge is 0.357 e. The van der Waals surface area contributed by atoms with E-state index in [4.69, 9.17) is 14.9 Å². The first kappa shape index (κ1) is 22.1. The van der Waals surface area contributed by atoms with E-state index in [0.29, 0.717) is 29.2 Å². The SMILES string of the molecule is CCOC(=O)c1cc(-c2ccc(N3C[C@@H]4C[C@H]3CO4)cc2)c(C(C)=N)c(Nc2ccccc2)n1. The Morgan fingerprint density at radius 3 is 2.59 bits per heavy atom. The number of hydrogen-bond donors (Lipinski definition) is 2. The molecule has 5 rings (SSSR count). The molecule has 7 heteroatoms. The van der Waals surface area contributed by atoms with Crippen molar-refractivity contribution in [2.24, 2.45) is 0 Å². The predicted molar refractivity (Wildman–Crippen MR) is 133 cm³/mol. The Labute approximate surface area is 199 Å². The number of hydrogen-bond acceptors (Lipinski definition) is 7. The summed E-state index contributed by atoms with van der Waals surface area (Å²) < 4.78 is 11.0. The third-order valence-electron chi connectivity index (χ3n) is 6.33. The standard InChI is InChI=1S/C27H28N4O3/c1-3-33-27(32)24-14-23(25(17(2)28)26(30-24)29-19-7-5-4-6-8-19)18-9-11-20(12-10-18)31-15-22-13-21(31)16-34-22/h4-12,14,21-22,28H,3,13,15-16H2,1-2H3,(H,29,30)/t21-,22-/m0/s1. The summed E-state index contributed by atoms with van der Waals surface area (Å²) >= 11 is 0. The molecule has 2 saturated heterocycles. The average Bonchev–Trinajstić information content (AvgIpc) is 3.48. The van der Waals surface area contributed by atoms with E-state index >= 15 is 0 Å². The van der Waals surface area contributed by atoms with E-state index in [2.05, 4.69) is 27.3 Å². The molecule has 0 amide bonds. The Hall–Kier alpha value is -3.71. The van der Waals surface area contributed by atoms with E-state index in [9.17, 15) is 4.79 Å². The van der Waals surface area contributed by atoms with Crippen LogP contribution in [0.4, 0.5) is 17.2 Å². The Kier molecular flexibility index (Phi) is 6.02. The Morgan fingerprint density at radius 2 is 1.97 bits per heavy atom. The minimum atomic E-state index is -0.487. The first-order valence-electron chi connectivity index (χ1n) is 11.6. The van der Waals surface area contributed by atoms with Crippen molar-refractivity contribution in [1.82, 2.24) is 4.98 Å². The third kappa shape index (κ3) is 4.26. The normalized spacial score (nSPS) is 18.7. The van der Waals surface area contributed by atoms with E-state index in [1.165, 1.54) is 0 Å². The molecule has 2 atom stereocenters. The first-order chi connectivity index (χ1) is 16.5. The molecule has 3 heterocycles. The molecule has 174 valence electrons. The van der Waals surface area contributed by atoms with Gasteiger partial charge in [-0.25, -0.2) is 9.78 Å². The van der Waals surface area contributed by atoms with Crippen LogP contribution in [0.25, 0.3) is 11.1 Å². The van der Waals surface area contributed by atoms with Crippen LogP contribution in [0.2, 0.25) is 0 Å². The molecule has 1 aromatic heterocycles. The van der Waals surface area contributed by atoms with Crippen LogP contribution in [-0.2, 0) is 9.47 Å². The average molecular weight is 457 g/mol. The van der Waals surface area contributed by atoms with Crippen LogP contribution in [0.3, 0.4) is 0 Å². The lowest BCUT2D eigenvalue weighted by Crippen LogP contribution is -2.36. The molecule has 3 aromatic rings. The summed E-state index contributed by atoms with van der Waals surface area (Å²) in [5.74, 6) is -0.0314. The zero-order chi connectivity index (χ0) is 23.7. The molecule has 2 aliphatic heterocycles. The number of fused-ring (bicyclic) bond motifs is 2. The highest BCUT2D eigenvalue weighted by Crippen LogP contribution is 2.36. The lowest BCUT2D eigenvalue weighted by Gasteiger charge is -2.29. The number of carbonyl (C=O) groups is 1. The fraction of sp³-hybridized carbons (Fsp3) is 0.296. The van der Waals surface area contributed by atoms with Crippen LogP contribution >= 0.6 is 0 Å². The number of ether oxygens (including phenoxy) is 2.